The molecule has 0 amide bonds. The van der Waals surface area contributed by atoms with Crippen LogP contribution in [0.4, 0.5) is 30.5 Å². The van der Waals surface area contributed by atoms with Crippen molar-refractivity contribution in [2.24, 2.45) is 7.05 Å². The summed E-state index contributed by atoms with van der Waals surface area (Å²) >= 11 is 0. The van der Waals surface area contributed by atoms with Crippen molar-refractivity contribution in [3.63, 3.8) is 0 Å². The highest BCUT2D eigenvalue weighted by Gasteiger charge is 2.38. The van der Waals surface area contributed by atoms with E-state index in [1.165, 1.54) is 6.42 Å². The normalized spacial score (nSPS) is 16.1. The van der Waals surface area contributed by atoms with Gasteiger partial charge in [0.2, 0.25) is 0 Å². The fraction of sp³-hybridized carbons (Fsp3) is 0.364. The number of benzene rings is 1. The van der Waals surface area contributed by atoms with Crippen molar-refractivity contribution < 1.29 is 23.1 Å². The van der Waals surface area contributed by atoms with Gasteiger partial charge in [-0.15, -0.1) is 0 Å². The Morgan fingerprint density at radius 3 is 2.71 bits per heavy atom. The van der Waals surface area contributed by atoms with Crippen LogP contribution < -0.4 is 16.0 Å². The van der Waals surface area contributed by atoms with Crippen LogP contribution in [0.15, 0.2) is 36.7 Å². The van der Waals surface area contributed by atoms with E-state index in [0.717, 1.165) is 58.9 Å². The number of piperidine rings is 1. The molecule has 4 N–H and O–H groups in total. The van der Waals surface area contributed by atoms with Crippen molar-refractivity contribution >= 4 is 39.8 Å². The van der Waals surface area contributed by atoms with Crippen molar-refractivity contribution in [1.82, 2.24) is 29.7 Å². The van der Waals surface area contributed by atoms with Crippen LogP contribution in [0.1, 0.15) is 18.4 Å². The largest absolute Gasteiger partial charge is 0.490 e. The number of carbonyl (C=O) groups is 1. The second-order valence-corrected chi connectivity index (χ2v) is 8.19. The third-order valence-corrected chi connectivity index (χ3v) is 5.66. The number of aromatic nitrogens is 5. The summed E-state index contributed by atoms with van der Waals surface area (Å²) in [6, 6.07) is 8.57. The first-order valence-corrected chi connectivity index (χ1v) is 10.9. The fourth-order valence-corrected chi connectivity index (χ4v) is 3.86. The molecule has 0 aliphatic carbocycles. The van der Waals surface area contributed by atoms with Gasteiger partial charge >= 0.3 is 12.1 Å². The van der Waals surface area contributed by atoms with Crippen molar-refractivity contribution in [3.8, 4) is 0 Å². The van der Waals surface area contributed by atoms with Gasteiger partial charge < -0.3 is 21.1 Å². The van der Waals surface area contributed by atoms with Gasteiger partial charge in [-0.1, -0.05) is 0 Å². The molecule has 0 saturated carbocycles. The van der Waals surface area contributed by atoms with Crippen LogP contribution in [-0.2, 0) is 11.8 Å². The Bertz CT molecular complexity index is 1340. The maximum atomic E-state index is 10.6. The van der Waals surface area contributed by atoms with Crippen LogP contribution >= 0.6 is 0 Å². The van der Waals surface area contributed by atoms with E-state index < -0.39 is 12.1 Å². The van der Waals surface area contributed by atoms with E-state index in [0.29, 0.717) is 6.04 Å². The molecule has 1 saturated heterocycles. The Morgan fingerprint density at radius 1 is 1.26 bits per heavy atom. The summed E-state index contributed by atoms with van der Waals surface area (Å²) in [5, 5.41) is 27.6. The maximum absolute atomic E-state index is 10.6. The third-order valence-electron chi connectivity index (χ3n) is 5.66. The van der Waals surface area contributed by atoms with E-state index in [9.17, 15) is 13.2 Å². The van der Waals surface area contributed by atoms with Crippen molar-refractivity contribution in [2.45, 2.75) is 32.0 Å². The van der Waals surface area contributed by atoms with Crippen molar-refractivity contribution in [1.29, 1.82) is 0 Å². The lowest BCUT2D eigenvalue weighted by atomic mass is 10.1. The van der Waals surface area contributed by atoms with Gasteiger partial charge in [-0.25, -0.2) is 9.78 Å². The minimum absolute atomic E-state index is 0.393. The Hall–Kier alpha value is -3.87. The zero-order valence-electron chi connectivity index (χ0n) is 19.1. The lowest BCUT2D eigenvalue weighted by Crippen LogP contribution is -2.38. The summed E-state index contributed by atoms with van der Waals surface area (Å²) < 4.78 is 35.5. The van der Waals surface area contributed by atoms with E-state index in [1.54, 1.807) is 6.20 Å². The van der Waals surface area contributed by atoms with E-state index in [1.807, 2.05) is 28.5 Å². The van der Waals surface area contributed by atoms with E-state index in [2.05, 4.69) is 51.3 Å². The monoisotopic (exact) mass is 490 g/mol. The Kier molecular flexibility index (Phi) is 6.78. The van der Waals surface area contributed by atoms with Crippen LogP contribution in [0.25, 0.3) is 16.6 Å². The molecular formula is C22H25F3N8O2. The van der Waals surface area contributed by atoms with Crippen LogP contribution in [-0.4, -0.2) is 60.8 Å². The van der Waals surface area contributed by atoms with Crippen LogP contribution in [0, 0.1) is 6.92 Å². The number of rotatable bonds is 4. The number of carboxylic acid groups (broad SMARTS) is 1. The summed E-state index contributed by atoms with van der Waals surface area (Å²) in [5.74, 6) is -0.927. The quantitative estimate of drug-likeness (QED) is 0.343. The molecule has 1 aromatic carbocycles. The zero-order valence-corrected chi connectivity index (χ0v) is 19.1. The lowest BCUT2D eigenvalue weighted by Gasteiger charge is -2.25. The highest BCUT2D eigenvalue weighted by atomic mass is 19.4. The molecule has 0 radical (unpaired) electrons. The topological polar surface area (TPSA) is 121 Å². The number of nitrogens with one attached hydrogen (secondary N) is 3. The van der Waals surface area contributed by atoms with E-state index in [-0.39, 0.29) is 0 Å². The highest BCUT2D eigenvalue weighted by molar-refractivity contribution is 5.84. The van der Waals surface area contributed by atoms with Gasteiger partial charge in [0.05, 0.1) is 17.9 Å². The molecule has 186 valence electrons. The minimum Gasteiger partial charge on any atom is -0.475 e. The lowest BCUT2D eigenvalue weighted by molar-refractivity contribution is -0.192. The van der Waals surface area contributed by atoms with Gasteiger partial charge in [0, 0.05) is 42.3 Å². The molecule has 10 nitrogen and oxygen atoms in total. The van der Waals surface area contributed by atoms with E-state index in [4.69, 9.17) is 14.9 Å². The summed E-state index contributed by atoms with van der Waals surface area (Å²) in [6.45, 7) is 4.14. The number of nitrogens with zero attached hydrogens (tertiary/aromatic N) is 5. The Morgan fingerprint density at radius 2 is 2.03 bits per heavy atom. The molecule has 1 fully saturated rings. The molecular weight excluding hydrogens is 465 g/mol. The number of carboxylic acids is 1. The molecule has 0 spiro atoms. The second kappa shape index (κ2) is 9.78. The van der Waals surface area contributed by atoms with Crippen molar-refractivity contribution in [3.05, 3.63) is 42.2 Å². The first-order chi connectivity index (χ1) is 16.6. The Labute approximate surface area is 198 Å². The molecule has 3 aromatic heterocycles. The molecule has 4 heterocycles. The predicted molar refractivity (Wildman–Crippen MR) is 125 cm³/mol. The molecule has 13 heteroatoms. The third kappa shape index (κ3) is 5.45. The van der Waals surface area contributed by atoms with Crippen LogP contribution in [0.3, 0.4) is 0 Å². The zero-order chi connectivity index (χ0) is 25.2. The highest BCUT2D eigenvalue weighted by Crippen LogP contribution is 2.28. The average molecular weight is 490 g/mol. The SMILES string of the molecule is Cc1c(N[C@H]2CCCNC2)nc2ccnn2c1Nc1ccc2c(cnn2C)c1.O=C(O)C(F)(F)F. The van der Waals surface area contributed by atoms with Gasteiger partial charge in [-0.3, -0.25) is 4.68 Å². The predicted octanol–water partition coefficient (Wildman–Crippen LogP) is 3.47. The van der Waals surface area contributed by atoms with Crippen LogP contribution in [0.2, 0.25) is 0 Å². The van der Waals surface area contributed by atoms with Gasteiger partial charge in [0.15, 0.2) is 5.65 Å². The standard InChI is InChI=1S/C20H24N8.C2HF3O2/c1-13-19(24-16-4-3-8-21-12-16)26-18-7-9-22-28(18)20(13)25-15-5-6-17-14(10-15)11-23-27(17)2;3-2(4,5)1(6)7/h5-7,9-11,16,21,25H,3-4,8,12H2,1-2H3,(H,24,26);(H,6,7)/t16-;/m0./s1. The molecule has 35 heavy (non-hydrogen) atoms. The first kappa shape index (κ1) is 24.3. The first-order valence-electron chi connectivity index (χ1n) is 10.9. The smallest absolute Gasteiger partial charge is 0.475 e. The maximum Gasteiger partial charge on any atom is 0.490 e. The number of hydrogen-bond donors (Lipinski definition) is 4. The summed E-state index contributed by atoms with van der Waals surface area (Å²) in [7, 11) is 1.95. The fourth-order valence-electron chi connectivity index (χ4n) is 3.86. The number of fused-ring (bicyclic) bond motifs is 2. The number of alkyl halides is 3. The van der Waals surface area contributed by atoms with Gasteiger partial charge in [-0.2, -0.15) is 27.9 Å². The van der Waals surface area contributed by atoms with Crippen molar-refractivity contribution in [2.75, 3.05) is 23.7 Å². The molecule has 0 bridgehead atoms. The number of aryl methyl sites for hydroxylation is 1. The number of halogens is 3. The summed E-state index contributed by atoms with van der Waals surface area (Å²) in [5.41, 5.74) is 3.97. The summed E-state index contributed by atoms with van der Waals surface area (Å²) in [4.78, 5) is 13.7. The van der Waals surface area contributed by atoms with Gasteiger partial charge in [-0.05, 0) is 44.5 Å². The molecule has 1 aliphatic rings. The minimum atomic E-state index is -5.08. The van der Waals surface area contributed by atoms with Gasteiger partial charge in [0.25, 0.3) is 0 Å². The van der Waals surface area contributed by atoms with Gasteiger partial charge in [0.1, 0.15) is 11.6 Å². The van der Waals surface area contributed by atoms with E-state index >= 15 is 0 Å². The molecule has 5 rings (SSSR count). The summed E-state index contributed by atoms with van der Waals surface area (Å²) in [6.07, 6.45) is 0.913. The second-order valence-electron chi connectivity index (χ2n) is 8.19. The molecule has 1 aliphatic heterocycles. The molecule has 4 aromatic rings. The average Bonchev–Trinajstić information content (AvgIpc) is 3.43. The number of aliphatic carboxylic acids is 1. The number of anilines is 3. The Balaban J connectivity index is 0.000000364. The molecule has 0 unspecified atom stereocenters. The van der Waals surface area contributed by atoms with Crippen LogP contribution in [0.5, 0.6) is 0 Å². The number of hydrogen-bond acceptors (Lipinski definition) is 7. The molecule has 1 atom stereocenters.